The van der Waals surface area contributed by atoms with Gasteiger partial charge >= 0.3 is 0 Å². The molecule has 4 heteroatoms. The molecule has 1 heterocycles. The number of aromatic nitrogens is 1. The zero-order valence-corrected chi connectivity index (χ0v) is 8.63. The summed E-state index contributed by atoms with van der Waals surface area (Å²) in [7, 11) is 0. The third-order valence-corrected chi connectivity index (χ3v) is 2.85. The molecule has 1 aromatic heterocycles. The van der Waals surface area contributed by atoms with E-state index in [0.29, 0.717) is 11.3 Å². The molecular weight excluding hydrogens is 213 g/mol. The lowest BCUT2D eigenvalue weighted by molar-refractivity contribution is 0.112. The second-order valence-electron chi connectivity index (χ2n) is 3.08. The summed E-state index contributed by atoms with van der Waals surface area (Å²) in [5.74, 6) is -0.250. The molecule has 0 aliphatic carbocycles. The topological polar surface area (TPSA) is 30.0 Å². The lowest BCUT2D eigenvalue weighted by atomic mass is 10.1. The summed E-state index contributed by atoms with van der Waals surface area (Å²) >= 11 is 1.33. The minimum Gasteiger partial charge on any atom is -0.297 e. The molecule has 2 nitrogen and oxygen atoms in total. The van der Waals surface area contributed by atoms with Crippen molar-refractivity contribution in [2.24, 2.45) is 0 Å². The fraction of sp³-hybridized carbons (Fsp3) is 0.0909. The van der Waals surface area contributed by atoms with Crippen LogP contribution >= 0.6 is 11.3 Å². The van der Waals surface area contributed by atoms with Gasteiger partial charge in [-0.25, -0.2) is 9.37 Å². The van der Waals surface area contributed by atoms with Gasteiger partial charge in [-0.15, -0.1) is 11.3 Å². The molecule has 2 rings (SSSR count). The van der Waals surface area contributed by atoms with Crippen LogP contribution in [0.1, 0.15) is 20.2 Å². The molecular formula is C11H8FNOS. The molecule has 0 N–H and O–H groups in total. The highest BCUT2D eigenvalue weighted by Crippen LogP contribution is 2.15. The Morgan fingerprint density at radius 2 is 2.33 bits per heavy atom. The van der Waals surface area contributed by atoms with Crippen LogP contribution in [0.2, 0.25) is 0 Å². The molecule has 2 aromatic rings. The van der Waals surface area contributed by atoms with E-state index in [2.05, 4.69) is 4.98 Å². The van der Waals surface area contributed by atoms with Crippen molar-refractivity contribution in [3.63, 3.8) is 0 Å². The first kappa shape index (κ1) is 9.98. The molecule has 0 amide bonds. The van der Waals surface area contributed by atoms with Crippen LogP contribution in [0.3, 0.4) is 0 Å². The maximum absolute atomic E-state index is 12.9. The first-order chi connectivity index (χ1) is 7.28. The monoisotopic (exact) mass is 221 g/mol. The van der Waals surface area contributed by atoms with E-state index >= 15 is 0 Å². The molecule has 15 heavy (non-hydrogen) atoms. The first-order valence-corrected chi connectivity index (χ1v) is 5.24. The van der Waals surface area contributed by atoms with Gasteiger partial charge in [-0.3, -0.25) is 4.79 Å². The Kier molecular flexibility index (Phi) is 2.87. The Morgan fingerprint density at radius 3 is 3.00 bits per heavy atom. The van der Waals surface area contributed by atoms with Crippen LogP contribution < -0.4 is 0 Å². The lowest BCUT2D eigenvalue weighted by Gasteiger charge is -1.97. The fourth-order valence-corrected chi connectivity index (χ4v) is 2.05. The van der Waals surface area contributed by atoms with E-state index < -0.39 is 0 Å². The molecule has 1 aromatic carbocycles. The Hall–Kier alpha value is -1.55. The van der Waals surface area contributed by atoms with E-state index in [-0.39, 0.29) is 5.82 Å². The van der Waals surface area contributed by atoms with Gasteiger partial charge in [0.1, 0.15) is 5.82 Å². The van der Waals surface area contributed by atoms with Crippen LogP contribution in [-0.4, -0.2) is 11.3 Å². The van der Waals surface area contributed by atoms with E-state index in [1.807, 2.05) is 6.07 Å². The molecule has 76 valence electrons. The smallest absolute Gasteiger partial charge is 0.161 e. The van der Waals surface area contributed by atoms with Gasteiger partial charge in [0, 0.05) is 12.6 Å². The van der Waals surface area contributed by atoms with Gasteiger partial charge in [-0.2, -0.15) is 0 Å². The van der Waals surface area contributed by atoms with Crippen molar-refractivity contribution in [1.29, 1.82) is 0 Å². The normalized spacial score (nSPS) is 10.2. The number of benzene rings is 1. The van der Waals surface area contributed by atoms with Gasteiger partial charge in [0.25, 0.3) is 0 Å². The maximum atomic E-state index is 12.9. The van der Waals surface area contributed by atoms with Crippen LogP contribution in [0.15, 0.2) is 30.5 Å². The zero-order chi connectivity index (χ0) is 10.7. The Bertz CT molecular complexity index is 481. The van der Waals surface area contributed by atoms with Crippen molar-refractivity contribution in [3.8, 4) is 0 Å². The van der Waals surface area contributed by atoms with Crippen molar-refractivity contribution < 1.29 is 9.18 Å². The summed E-state index contributed by atoms with van der Waals surface area (Å²) in [5.41, 5.74) is 0.863. The molecule has 0 saturated heterocycles. The summed E-state index contributed by atoms with van der Waals surface area (Å²) < 4.78 is 12.9. The predicted octanol–water partition coefficient (Wildman–Crippen LogP) is 2.69. The molecule has 0 atom stereocenters. The first-order valence-electron chi connectivity index (χ1n) is 4.42. The van der Waals surface area contributed by atoms with Gasteiger partial charge in [-0.1, -0.05) is 12.1 Å². The van der Waals surface area contributed by atoms with Gasteiger partial charge in [0.05, 0.1) is 9.88 Å². The number of hydrogen-bond donors (Lipinski definition) is 0. The quantitative estimate of drug-likeness (QED) is 0.746. The summed E-state index contributed by atoms with van der Waals surface area (Å²) in [4.78, 5) is 15.1. The summed E-state index contributed by atoms with van der Waals surface area (Å²) in [6.07, 6.45) is 2.87. The predicted molar refractivity (Wildman–Crippen MR) is 56.7 cm³/mol. The number of nitrogens with zero attached hydrogens (tertiary/aromatic N) is 1. The van der Waals surface area contributed by atoms with Crippen molar-refractivity contribution in [2.75, 3.05) is 0 Å². The molecule has 0 fully saturated rings. The second-order valence-corrected chi connectivity index (χ2v) is 4.23. The van der Waals surface area contributed by atoms with Gasteiger partial charge in [-0.05, 0) is 17.7 Å². The number of carbonyl (C=O) groups excluding carboxylic acids is 1. The van der Waals surface area contributed by atoms with Gasteiger partial charge in [0.15, 0.2) is 6.29 Å². The third kappa shape index (κ3) is 2.47. The maximum Gasteiger partial charge on any atom is 0.161 e. The molecule has 0 spiro atoms. The van der Waals surface area contributed by atoms with Gasteiger partial charge < -0.3 is 0 Å². The molecule has 0 aliphatic rings. The molecule has 0 radical (unpaired) electrons. The van der Waals surface area contributed by atoms with E-state index in [0.717, 1.165) is 16.9 Å². The Balaban J connectivity index is 2.18. The molecule has 0 aliphatic heterocycles. The van der Waals surface area contributed by atoms with E-state index in [9.17, 15) is 9.18 Å². The highest BCUT2D eigenvalue weighted by Gasteiger charge is 2.03. The number of thiazole rings is 1. The zero-order valence-electron chi connectivity index (χ0n) is 7.81. The third-order valence-electron chi connectivity index (χ3n) is 1.93. The highest BCUT2D eigenvalue weighted by molar-refractivity contribution is 7.13. The van der Waals surface area contributed by atoms with E-state index in [1.165, 1.54) is 29.7 Å². The molecule has 0 unspecified atom stereocenters. The van der Waals surface area contributed by atoms with Crippen LogP contribution in [0, 0.1) is 5.82 Å². The number of hydrogen-bond acceptors (Lipinski definition) is 3. The second kappa shape index (κ2) is 4.31. The van der Waals surface area contributed by atoms with Crippen molar-refractivity contribution in [2.45, 2.75) is 6.42 Å². The summed E-state index contributed by atoms with van der Waals surface area (Å²) in [6, 6.07) is 6.38. The minimum atomic E-state index is -0.250. The Labute approximate surface area is 90.4 Å². The standard InChI is InChI=1S/C11H8FNOS/c12-9-3-1-2-8(4-9)5-11-13-6-10(7-14)15-11/h1-4,6-7H,5H2. The highest BCUT2D eigenvalue weighted by atomic mass is 32.1. The van der Waals surface area contributed by atoms with Gasteiger partial charge in [0.2, 0.25) is 0 Å². The van der Waals surface area contributed by atoms with Crippen LogP contribution in [-0.2, 0) is 6.42 Å². The van der Waals surface area contributed by atoms with E-state index in [4.69, 9.17) is 0 Å². The number of rotatable bonds is 3. The van der Waals surface area contributed by atoms with Crippen molar-refractivity contribution in [1.82, 2.24) is 4.98 Å². The number of carbonyl (C=O) groups is 1. The molecule has 0 saturated carbocycles. The number of halogens is 1. The van der Waals surface area contributed by atoms with Crippen molar-refractivity contribution >= 4 is 17.6 Å². The Morgan fingerprint density at radius 1 is 1.47 bits per heavy atom. The summed E-state index contributed by atoms with van der Waals surface area (Å²) in [5, 5.41) is 0.822. The fourth-order valence-electron chi connectivity index (χ4n) is 1.28. The number of aldehydes is 1. The average molecular weight is 221 g/mol. The molecule has 0 bridgehead atoms. The van der Waals surface area contributed by atoms with Crippen LogP contribution in [0.4, 0.5) is 4.39 Å². The SMILES string of the molecule is O=Cc1cnc(Cc2cccc(F)c2)s1. The average Bonchev–Trinajstić information content (AvgIpc) is 2.65. The van der Waals surface area contributed by atoms with Crippen LogP contribution in [0.25, 0.3) is 0 Å². The minimum absolute atomic E-state index is 0.250. The van der Waals surface area contributed by atoms with Crippen molar-refractivity contribution in [3.05, 3.63) is 51.7 Å². The summed E-state index contributed by atoms with van der Waals surface area (Å²) in [6.45, 7) is 0. The lowest BCUT2D eigenvalue weighted by Crippen LogP contribution is -1.87. The van der Waals surface area contributed by atoms with Crippen LogP contribution in [0.5, 0.6) is 0 Å². The largest absolute Gasteiger partial charge is 0.297 e. The van der Waals surface area contributed by atoms with E-state index in [1.54, 1.807) is 6.07 Å².